The van der Waals surface area contributed by atoms with Crippen LogP contribution in [-0.4, -0.2) is 151 Å². The summed E-state index contributed by atoms with van der Waals surface area (Å²) in [5.41, 5.74) is -1.43. The van der Waals surface area contributed by atoms with Gasteiger partial charge in [0.1, 0.15) is 66.0 Å². The maximum absolute atomic E-state index is 12.1. The molecule has 0 aliphatic carbocycles. The molecule has 48 heavy (non-hydrogen) atoms. The summed E-state index contributed by atoms with van der Waals surface area (Å²) in [6.45, 7) is -2.27. The molecule has 19 nitrogen and oxygen atoms in total. The van der Waals surface area contributed by atoms with Crippen molar-refractivity contribution in [2.24, 2.45) is 0 Å². The van der Waals surface area contributed by atoms with Crippen molar-refractivity contribution in [3.8, 4) is 11.5 Å². The van der Waals surface area contributed by atoms with Gasteiger partial charge in [-0.15, -0.1) is 0 Å². The third-order valence-electron chi connectivity index (χ3n) is 8.81. The van der Waals surface area contributed by atoms with Crippen LogP contribution in [0.5, 0.6) is 11.5 Å². The van der Waals surface area contributed by atoms with E-state index in [0.717, 1.165) is 0 Å². The Morgan fingerprint density at radius 2 is 1.83 bits per heavy atom. The number of carbonyl (C=O) groups is 3. The molecule has 5 rings (SSSR count). The first-order chi connectivity index (χ1) is 22.7. The number of nitrogens with one attached hydrogen (secondary N) is 2. The number of benzene rings is 1. The molecule has 1 aromatic rings. The number of ether oxygens (including phenoxy) is 4. The van der Waals surface area contributed by atoms with Crippen LogP contribution in [-0.2, 0) is 35.0 Å². The largest absolute Gasteiger partial charge is 0.544 e. The van der Waals surface area contributed by atoms with Crippen molar-refractivity contribution < 1.29 is 89.3 Å². The minimum atomic E-state index is -2.09. The summed E-state index contributed by atoms with van der Waals surface area (Å²) in [4.78, 5) is 35.5. The van der Waals surface area contributed by atoms with Gasteiger partial charge in [0.05, 0.1) is 19.8 Å². The number of aliphatic hydroxyl groups is 6. The summed E-state index contributed by atoms with van der Waals surface area (Å²) in [7, 11) is 0. The molecule has 0 saturated carbocycles. The number of carboxylic acid groups (broad SMARTS) is 3. The molecule has 1 unspecified atom stereocenters. The van der Waals surface area contributed by atoms with Crippen LogP contribution in [0.3, 0.4) is 0 Å². The Hall–Kier alpha value is -3.89. The van der Waals surface area contributed by atoms with Gasteiger partial charge in [0, 0.05) is 24.5 Å². The summed E-state index contributed by atoms with van der Waals surface area (Å²) >= 11 is 0. The molecule has 1 aromatic carbocycles. The lowest BCUT2D eigenvalue weighted by Crippen LogP contribution is -3.11. The van der Waals surface area contributed by atoms with E-state index in [0.29, 0.717) is 16.8 Å². The molecule has 0 bridgehead atoms. The fourth-order valence-corrected chi connectivity index (χ4v) is 6.08. The highest BCUT2D eigenvalue weighted by Crippen LogP contribution is 2.38. The molecular weight excluding hydrogens is 648 g/mol. The maximum Gasteiger partial charge on any atom is 0.351 e. The second-order valence-electron chi connectivity index (χ2n) is 12.0. The van der Waals surface area contributed by atoms with Gasteiger partial charge in [0.15, 0.2) is 23.9 Å². The van der Waals surface area contributed by atoms with Crippen LogP contribution in [0, 0.1) is 0 Å². The van der Waals surface area contributed by atoms with Crippen molar-refractivity contribution in [2.75, 3.05) is 26.4 Å². The van der Waals surface area contributed by atoms with Crippen LogP contribution in [0.25, 0.3) is 0 Å². The van der Waals surface area contributed by atoms with Gasteiger partial charge in [-0.1, -0.05) is 0 Å². The average Bonchev–Trinajstić information content (AvgIpc) is 3.55. The van der Waals surface area contributed by atoms with E-state index < -0.39 is 104 Å². The van der Waals surface area contributed by atoms with Crippen LogP contribution >= 0.6 is 0 Å². The highest BCUT2D eigenvalue weighted by atomic mass is 16.8. The van der Waals surface area contributed by atoms with E-state index in [9.17, 15) is 65.4 Å². The number of quaternary nitrogens is 1. The van der Waals surface area contributed by atoms with Gasteiger partial charge in [-0.2, -0.15) is 0 Å². The lowest BCUT2D eigenvalue weighted by atomic mass is 9.98. The van der Waals surface area contributed by atoms with Gasteiger partial charge in [0.25, 0.3) is 0 Å². The number of aliphatic hydroxyl groups excluding tert-OH is 5. The molecule has 0 radical (unpaired) electrons. The molecular formula is C29H36N2O17. The van der Waals surface area contributed by atoms with Gasteiger partial charge in [-0.05, 0) is 23.8 Å². The predicted molar refractivity (Wildman–Crippen MR) is 150 cm³/mol. The van der Waals surface area contributed by atoms with Gasteiger partial charge in [-0.3, -0.25) is 4.90 Å². The summed E-state index contributed by atoms with van der Waals surface area (Å²) in [6, 6.07) is 0.0977. The van der Waals surface area contributed by atoms with E-state index in [1.807, 2.05) is 0 Å². The first kappa shape index (κ1) is 35.4. The second-order valence-corrected chi connectivity index (χ2v) is 12.0. The number of carboxylic acids is 3. The Balaban J connectivity index is 1.40. The molecule has 264 valence electrons. The summed E-state index contributed by atoms with van der Waals surface area (Å²) in [5, 5.41) is 105. The SMILES string of the molecule is O=C(O)C1=CC(=CC[NH+]2c3cc(O)c(O[C@@H]4O[C@H](CO)[C@@H](O)[C@H](O)[C@H]4O[C@@H]4OC[C@](O)(CO)[C@H]4O)cc3C[C@H]2C(=O)[O-])C[C@@H](C(=O)O)N1. The molecule has 0 amide bonds. The topological polar surface area (TPSA) is 310 Å². The van der Waals surface area contributed by atoms with Gasteiger partial charge in [-0.25, -0.2) is 9.59 Å². The van der Waals surface area contributed by atoms with E-state index in [2.05, 4.69) is 5.32 Å². The van der Waals surface area contributed by atoms with Crippen LogP contribution in [0.2, 0.25) is 0 Å². The molecule has 2 fully saturated rings. The number of hydrogen-bond donors (Lipinski definition) is 11. The molecule has 4 aliphatic heterocycles. The lowest BCUT2D eigenvalue weighted by molar-refractivity contribution is -0.840. The minimum Gasteiger partial charge on any atom is -0.544 e. The van der Waals surface area contributed by atoms with Gasteiger partial charge in [0.2, 0.25) is 6.29 Å². The summed E-state index contributed by atoms with van der Waals surface area (Å²) in [5.74, 6) is -4.93. The summed E-state index contributed by atoms with van der Waals surface area (Å²) < 4.78 is 22.2. The fraction of sp³-hybridized carbons (Fsp3) is 0.552. The quantitative estimate of drug-likeness (QED) is 0.103. The Morgan fingerprint density at radius 3 is 2.44 bits per heavy atom. The number of aromatic hydroxyl groups is 1. The Kier molecular flexibility index (Phi) is 10.3. The molecule has 2 saturated heterocycles. The lowest BCUT2D eigenvalue weighted by Gasteiger charge is -2.42. The Morgan fingerprint density at radius 1 is 1.10 bits per heavy atom. The molecule has 4 aliphatic rings. The standard InChI is InChI=1S/C29H36N2O17/c32-8-19-20(35)21(36)22(48-28-23(37)29(44,9-33)10-45-28)27(47-19)46-18-6-12-5-16(26(42)43)31(15(12)7-17(18)34)2-1-11-3-13(24(38)39)30-14(4-11)25(40)41/h1,3,6-7,14,16,19-23,27-28,30,32-37,44H,2,4-5,8-10H2,(H,38,39)(H,40,41)(H,42,43)/t14-,16-,19+,20+,21-,22+,23-,27+,28-,29+/m0/s1. The number of phenols is 1. The fourth-order valence-electron chi connectivity index (χ4n) is 6.08. The highest BCUT2D eigenvalue weighted by molar-refractivity contribution is 5.89. The van der Waals surface area contributed by atoms with Crippen LogP contribution in [0.4, 0.5) is 5.69 Å². The van der Waals surface area contributed by atoms with E-state index in [-0.39, 0.29) is 35.7 Å². The van der Waals surface area contributed by atoms with Crippen molar-refractivity contribution >= 4 is 23.6 Å². The number of rotatable bonds is 11. The molecule has 19 heteroatoms. The zero-order valence-electron chi connectivity index (χ0n) is 25.0. The Labute approximate surface area is 271 Å². The molecule has 4 heterocycles. The number of phenolic OH excluding ortho intramolecular Hbond substituents is 1. The van der Waals surface area contributed by atoms with Crippen LogP contribution in [0.15, 0.2) is 35.6 Å². The molecule has 0 spiro atoms. The van der Waals surface area contributed by atoms with E-state index in [1.54, 1.807) is 0 Å². The monoisotopic (exact) mass is 684 g/mol. The number of carbonyl (C=O) groups excluding carboxylic acids is 1. The first-order valence-electron chi connectivity index (χ1n) is 14.8. The first-order valence-corrected chi connectivity index (χ1v) is 14.8. The van der Waals surface area contributed by atoms with Crippen LogP contribution < -0.4 is 20.1 Å². The highest BCUT2D eigenvalue weighted by Gasteiger charge is 2.53. The zero-order chi connectivity index (χ0) is 35.1. The third-order valence-corrected chi connectivity index (χ3v) is 8.81. The Bertz CT molecular complexity index is 1480. The third kappa shape index (κ3) is 6.83. The van der Waals surface area contributed by atoms with Crippen molar-refractivity contribution in [1.82, 2.24) is 5.32 Å². The molecule has 0 aromatic heterocycles. The van der Waals surface area contributed by atoms with Crippen molar-refractivity contribution in [3.63, 3.8) is 0 Å². The van der Waals surface area contributed by atoms with E-state index in [4.69, 9.17) is 18.9 Å². The van der Waals surface area contributed by atoms with Crippen molar-refractivity contribution in [2.45, 2.75) is 73.6 Å². The number of aliphatic carboxylic acids is 3. The number of fused-ring (bicyclic) bond motifs is 1. The van der Waals surface area contributed by atoms with Gasteiger partial charge < -0.3 is 80.1 Å². The number of allylic oxidation sites excluding steroid dienone is 1. The van der Waals surface area contributed by atoms with Crippen LogP contribution in [0.1, 0.15) is 12.0 Å². The minimum absolute atomic E-state index is 0.0653. The smallest absolute Gasteiger partial charge is 0.351 e. The van der Waals surface area contributed by atoms with Crippen molar-refractivity contribution in [1.29, 1.82) is 0 Å². The molecule has 11 N–H and O–H groups in total. The normalized spacial score (nSPS) is 37.0. The number of hydrogen-bond acceptors (Lipinski definition) is 16. The molecule has 11 atom stereocenters. The maximum atomic E-state index is 12.1. The average molecular weight is 685 g/mol. The second kappa shape index (κ2) is 13.9. The van der Waals surface area contributed by atoms with E-state index >= 15 is 0 Å². The summed E-state index contributed by atoms with van der Waals surface area (Å²) in [6.07, 6.45) is -9.17. The van der Waals surface area contributed by atoms with Gasteiger partial charge >= 0.3 is 11.9 Å². The zero-order valence-corrected chi connectivity index (χ0v) is 25.0. The predicted octanol–water partition coefficient (Wildman–Crippen LogP) is -6.43. The van der Waals surface area contributed by atoms with E-state index in [1.165, 1.54) is 24.3 Å². The van der Waals surface area contributed by atoms with Crippen molar-refractivity contribution in [3.05, 3.63) is 41.1 Å².